The number of hydrogen-bond acceptors (Lipinski definition) is 39. The number of thiazole rings is 2. The molecule has 0 radical (unpaired) electrons. The smallest absolute Gasteiger partial charge is 0.223 e. The van der Waals surface area contributed by atoms with Crippen LogP contribution in [-0.2, 0) is 65.4 Å². The highest BCUT2D eigenvalue weighted by atomic mass is 35.5. The summed E-state index contributed by atoms with van der Waals surface area (Å²) in [6.45, 7) is 18.2. The summed E-state index contributed by atoms with van der Waals surface area (Å²) in [5, 5.41) is 32.0. The second-order valence-electron chi connectivity index (χ2n) is 29.7. The largest absolute Gasteiger partial charge is 0.496 e. The third-order valence-corrected chi connectivity index (χ3v) is 21.9. The molecule has 20 aromatic rings. The number of anilines is 8. The molecule has 1 aromatic carbocycles. The molecule has 0 bridgehead atoms. The van der Waals surface area contributed by atoms with Gasteiger partial charge in [-0.05, 0) is 102 Å². The number of nitrogens with two attached hydrogens (primary N) is 3. The Kier molecular flexibility index (Phi) is 28.0. The molecule has 42 nitrogen and oxygen atoms in total. The summed E-state index contributed by atoms with van der Waals surface area (Å²) in [7, 11) is 6.38. The molecule has 0 amide bonds. The van der Waals surface area contributed by atoms with Gasteiger partial charge in [-0.25, -0.2) is 49.8 Å². The molecule has 0 aliphatic rings. The van der Waals surface area contributed by atoms with Crippen molar-refractivity contribution in [1.82, 2.24) is 128 Å². The molecule has 0 aliphatic carbocycles. The second kappa shape index (κ2) is 41.4. The van der Waals surface area contributed by atoms with Gasteiger partial charge in [0, 0.05) is 84.5 Å². The van der Waals surface area contributed by atoms with Gasteiger partial charge in [0.15, 0.2) is 40.7 Å². The van der Waals surface area contributed by atoms with Crippen LogP contribution in [0.5, 0.6) is 23.3 Å². The Bertz CT molecular complexity index is 7180. The second-order valence-corrected chi connectivity index (χ2v) is 32.2. The number of nitrogens with one attached hydrogen (secondary N) is 5. The van der Waals surface area contributed by atoms with Crippen molar-refractivity contribution in [3.63, 3.8) is 0 Å². The Balaban J connectivity index is 0.000000121. The first-order valence-corrected chi connectivity index (χ1v) is 43.5. The number of halogens is 1. The van der Waals surface area contributed by atoms with Gasteiger partial charge in [-0.3, -0.25) is 9.97 Å². The number of oxazole rings is 1. The Hall–Kier alpha value is -16.4. The van der Waals surface area contributed by atoms with Crippen LogP contribution in [0.2, 0.25) is 5.02 Å². The zero-order valence-electron chi connectivity index (χ0n) is 74.0. The lowest BCUT2D eigenvalue weighted by molar-refractivity contribution is 0.367. The number of methoxy groups -OCH3 is 4. The molecule has 680 valence electrons. The number of nitrogen functional groups attached to an aromatic ring is 3. The van der Waals surface area contributed by atoms with Crippen molar-refractivity contribution in [3.05, 3.63) is 265 Å². The van der Waals surface area contributed by atoms with Gasteiger partial charge in [0.1, 0.15) is 90.1 Å². The lowest BCUT2D eigenvalue weighted by Crippen LogP contribution is -2.10. The third-order valence-electron chi connectivity index (χ3n) is 20.0. The first-order chi connectivity index (χ1) is 64.6. The Morgan fingerprint density at radius 1 is 0.398 bits per heavy atom. The molecule has 0 atom stereocenters. The van der Waals surface area contributed by atoms with Crippen LogP contribution in [0, 0.1) is 48.5 Å². The number of fused-ring (bicyclic) bond motifs is 5. The molecular formula is C88H91ClN34O8S2. The van der Waals surface area contributed by atoms with Crippen molar-refractivity contribution < 1.29 is 36.9 Å². The molecule has 19 aromatic heterocycles. The minimum absolute atomic E-state index is 0.154. The number of nitrogens with zero attached hydrogens (tertiary/aromatic N) is 26. The molecule has 0 spiro atoms. The van der Waals surface area contributed by atoms with Crippen molar-refractivity contribution in [2.45, 2.75) is 114 Å². The van der Waals surface area contributed by atoms with E-state index in [-0.39, 0.29) is 17.8 Å². The van der Waals surface area contributed by atoms with Gasteiger partial charge in [0.2, 0.25) is 41.4 Å². The molecule has 0 unspecified atom stereocenters. The summed E-state index contributed by atoms with van der Waals surface area (Å²) < 4.78 is 52.2. The zero-order valence-corrected chi connectivity index (χ0v) is 76.4. The topological polar surface area (TPSA) is 523 Å². The van der Waals surface area contributed by atoms with Crippen molar-refractivity contribution in [1.29, 1.82) is 0 Å². The first kappa shape index (κ1) is 90.0. The van der Waals surface area contributed by atoms with Crippen molar-refractivity contribution in [2.24, 2.45) is 0 Å². The molecule has 0 aliphatic heterocycles. The molecular weight excluding hydrogens is 1760 g/mol. The fourth-order valence-corrected chi connectivity index (χ4v) is 15.7. The van der Waals surface area contributed by atoms with E-state index < -0.39 is 0 Å². The van der Waals surface area contributed by atoms with Crippen molar-refractivity contribution in [3.8, 4) is 23.3 Å². The van der Waals surface area contributed by atoms with Crippen LogP contribution in [0.15, 0.2) is 182 Å². The molecule has 20 rings (SSSR count). The lowest BCUT2D eigenvalue weighted by Gasteiger charge is -2.13. The highest BCUT2D eigenvalue weighted by Gasteiger charge is 2.22. The maximum atomic E-state index is 6.26. The number of pyridine rings is 2. The maximum Gasteiger partial charge on any atom is 0.223 e. The average molecular weight is 1850 g/mol. The average Bonchev–Trinajstić information content (AvgIpc) is 1.67. The SMILES string of the molecule is COc1cc(OC)nc(Cn2ccc3nc(N)nc(NCc4noc(C)n4)c32)n1.COc1ccccc1Cn1ccc2nc(N)nc(NCc3ncc(C)s3)c21.COc1cccnc1Cn1ccc2nc(N)nc(NCc3ncc(C)o3)c21.Cc1nc(NCc2cc(C)on2)c2c(ccn2Cc2cscn2)n1.Cc1nc(NCc2cc(C)on2)c2c(ccn2Cc2ncccc2Cl)n1. The maximum absolute atomic E-state index is 6.26. The van der Waals surface area contributed by atoms with E-state index in [0.29, 0.717) is 134 Å². The number of rotatable bonds is 29. The zero-order chi connectivity index (χ0) is 92.6. The number of aryl methyl sites for hydroxylation is 7. The summed E-state index contributed by atoms with van der Waals surface area (Å²) in [6, 6.07) is 30.4. The molecule has 19 heterocycles. The third kappa shape index (κ3) is 22.3. The van der Waals surface area contributed by atoms with Gasteiger partial charge >= 0.3 is 0 Å². The van der Waals surface area contributed by atoms with Crippen LogP contribution in [0.1, 0.15) is 96.3 Å². The van der Waals surface area contributed by atoms with E-state index in [9.17, 15) is 0 Å². The molecule has 0 fully saturated rings. The summed E-state index contributed by atoms with van der Waals surface area (Å²) in [5.74, 6) is 12.2. The Morgan fingerprint density at radius 2 is 0.887 bits per heavy atom. The van der Waals surface area contributed by atoms with E-state index in [1.54, 1.807) is 68.5 Å². The Labute approximate surface area is 771 Å². The number of hydrogen-bond donors (Lipinski definition) is 8. The summed E-state index contributed by atoms with van der Waals surface area (Å²) in [5.41, 5.74) is 33.2. The molecule has 45 heteroatoms. The van der Waals surface area contributed by atoms with Gasteiger partial charge in [-0.2, -0.15) is 29.9 Å². The summed E-state index contributed by atoms with van der Waals surface area (Å²) in [4.78, 5) is 80.1. The van der Waals surface area contributed by atoms with Crippen LogP contribution in [0.4, 0.5) is 46.9 Å². The quantitative estimate of drug-likeness (QED) is 0.0216. The van der Waals surface area contributed by atoms with Crippen LogP contribution in [0.3, 0.4) is 0 Å². The van der Waals surface area contributed by atoms with Gasteiger partial charge < -0.3 is 104 Å². The monoisotopic (exact) mass is 1850 g/mol. The highest BCUT2D eigenvalue weighted by molar-refractivity contribution is 7.11. The minimum Gasteiger partial charge on any atom is -0.496 e. The number of para-hydroxylation sites is 1. The van der Waals surface area contributed by atoms with Crippen molar-refractivity contribution in [2.75, 3.05) is 72.2 Å². The van der Waals surface area contributed by atoms with Crippen LogP contribution < -0.4 is 62.7 Å². The van der Waals surface area contributed by atoms with Crippen LogP contribution in [0.25, 0.3) is 55.2 Å². The first-order valence-electron chi connectivity index (χ1n) is 41.3. The van der Waals surface area contributed by atoms with E-state index in [1.165, 1.54) is 19.1 Å². The predicted molar refractivity (Wildman–Crippen MR) is 502 cm³/mol. The van der Waals surface area contributed by atoms with E-state index >= 15 is 0 Å². The van der Waals surface area contributed by atoms with E-state index in [1.807, 2.05) is 194 Å². The Morgan fingerprint density at radius 3 is 1.38 bits per heavy atom. The molecule has 11 N–H and O–H groups in total. The fourth-order valence-electron chi connectivity index (χ4n) is 14.3. The normalized spacial score (nSPS) is 11.1. The van der Waals surface area contributed by atoms with Gasteiger partial charge in [-0.1, -0.05) is 45.3 Å². The standard InChI is InChI=1S/C19H20N6OS.C18H17ClN6O.C18H19N7O2.C17H19N9O3.C16H16N6OS/c1-12-9-21-16(27-12)10-22-18-17-14(23-19(20)24-18)7-8-25(17)11-13-5-3-4-6-15(13)26-2;1-11-8-13(24-26-11)9-21-18-17-15(22-12(2)23-18)5-7-25(17)10-16-14(19)4-3-6-20-16;1-11-8-21-15(27-11)9-22-17-16-12(23-18(19)24-17)5-7-25(16)10-13-14(26-2)4-3-6-20-13;1-9-20-11(25-29-9)7-19-16-15-10(21-17(18)24-16)4-5-26(15)8-12-22-13(27-2)6-14(23-12)28-3;1-10-5-12(21-23-10)6-17-16-15-14(19-11(2)20-16)3-4-22(15)7-13-8-24-9-18-13/h3-9H,10-11H2,1-2H3,(H3,20,22,23,24);3-8H,9-10H2,1-2H3,(H,21,22,23);3-8H,9-10H2,1-2H3,(H3,19,22,23,24);4-6H,7-8H2,1-3H3,(H3,18,19,21,24);3-5,8-9H,6-7H2,1-2H3,(H,17,19,20). The van der Waals surface area contributed by atoms with E-state index in [2.05, 4.69) is 141 Å². The van der Waals surface area contributed by atoms with Gasteiger partial charge in [0.05, 0.1) is 156 Å². The lowest BCUT2D eigenvalue weighted by atomic mass is 10.2. The number of benzene rings is 1. The van der Waals surface area contributed by atoms with E-state index in [0.717, 1.165) is 135 Å². The molecule has 0 saturated carbocycles. The predicted octanol–water partition coefficient (Wildman–Crippen LogP) is 13.9. The van der Waals surface area contributed by atoms with Gasteiger partial charge in [0.25, 0.3) is 0 Å². The highest BCUT2D eigenvalue weighted by Crippen LogP contribution is 2.33. The minimum atomic E-state index is 0.154. The fraction of sp³-hybridized carbons (Fsp3) is 0.239. The van der Waals surface area contributed by atoms with Crippen LogP contribution >= 0.6 is 34.3 Å². The molecule has 133 heavy (non-hydrogen) atoms. The molecule has 0 saturated heterocycles. The van der Waals surface area contributed by atoms with E-state index in [4.69, 9.17) is 65.7 Å². The summed E-state index contributed by atoms with van der Waals surface area (Å²) in [6.07, 6.45) is 16.8. The van der Waals surface area contributed by atoms with Gasteiger partial charge in [-0.15, -0.1) is 22.7 Å². The number of ether oxygens (including phenoxy) is 4. The number of aromatic nitrogens is 26. The van der Waals surface area contributed by atoms with Crippen LogP contribution in [-0.4, -0.2) is 156 Å². The summed E-state index contributed by atoms with van der Waals surface area (Å²) >= 11 is 9.51. The van der Waals surface area contributed by atoms with Crippen molar-refractivity contribution >= 4 is 136 Å².